The number of hydrogen-bond donors (Lipinski definition) is 2. The zero-order valence-corrected chi connectivity index (χ0v) is 10.8. The van der Waals surface area contributed by atoms with Crippen molar-refractivity contribution in [3.8, 4) is 0 Å². The van der Waals surface area contributed by atoms with Gasteiger partial charge in [0.05, 0.1) is 0 Å². The first kappa shape index (κ1) is 13.5. The maximum Gasteiger partial charge on any atom is 0.223 e. The van der Waals surface area contributed by atoms with Crippen molar-refractivity contribution in [1.82, 2.24) is 5.32 Å². The second-order valence-electron chi connectivity index (χ2n) is 5.74. The third-order valence-corrected chi connectivity index (χ3v) is 3.37. The van der Waals surface area contributed by atoms with E-state index in [-0.39, 0.29) is 17.9 Å². The van der Waals surface area contributed by atoms with E-state index in [1.54, 1.807) is 0 Å². The molecule has 0 bridgehead atoms. The van der Waals surface area contributed by atoms with E-state index in [1.165, 1.54) is 0 Å². The van der Waals surface area contributed by atoms with Crippen molar-refractivity contribution in [3.63, 3.8) is 0 Å². The Morgan fingerprint density at radius 3 is 2.62 bits per heavy atom. The quantitative estimate of drug-likeness (QED) is 0.769. The Labute approximate surface area is 99.2 Å². The van der Waals surface area contributed by atoms with Gasteiger partial charge in [-0.15, -0.1) is 0 Å². The molecule has 1 aliphatic carbocycles. The van der Waals surface area contributed by atoms with Crippen LogP contribution in [0, 0.1) is 17.8 Å². The number of carbonyl (C=O) groups excluding carboxylic acids is 1. The summed E-state index contributed by atoms with van der Waals surface area (Å²) in [4.78, 5) is 11.9. The highest BCUT2D eigenvalue weighted by Gasteiger charge is 2.28. The van der Waals surface area contributed by atoms with E-state index in [4.69, 9.17) is 5.73 Å². The zero-order chi connectivity index (χ0) is 12.1. The molecule has 0 aromatic carbocycles. The van der Waals surface area contributed by atoms with E-state index in [2.05, 4.69) is 26.1 Å². The van der Waals surface area contributed by atoms with E-state index >= 15 is 0 Å². The summed E-state index contributed by atoms with van der Waals surface area (Å²) in [5, 5.41) is 3.03. The Morgan fingerprint density at radius 2 is 2.06 bits per heavy atom. The normalized spacial score (nSPS) is 30.4. The zero-order valence-electron chi connectivity index (χ0n) is 10.8. The molecule has 0 radical (unpaired) electrons. The third-order valence-electron chi connectivity index (χ3n) is 3.37. The van der Waals surface area contributed by atoms with Gasteiger partial charge in [-0.05, 0) is 37.5 Å². The minimum Gasteiger partial charge on any atom is -0.356 e. The van der Waals surface area contributed by atoms with Crippen molar-refractivity contribution >= 4 is 5.91 Å². The predicted octanol–water partition coefficient (Wildman–Crippen LogP) is 1.91. The monoisotopic (exact) mass is 226 g/mol. The van der Waals surface area contributed by atoms with E-state index in [9.17, 15) is 4.79 Å². The summed E-state index contributed by atoms with van der Waals surface area (Å²) < 4.78 is 0. The molecule has 0 heterocycles. The minimum absolute atomic E-state index is 0.144. The number of nitrogens with one attached hydrogen (secondary N) is 1. The lowest BCUT2D eigenvalue weighted by Crippen LogP contribution is -2.40. The van der Waals surface area contributed by atoms with Crippen LogP contribution in [0.25, 0.3) is 0 Å². The van der Waals surface area contributed by atoms with Crippen molar-refractivity contribution in [2.45, 2.75) is 52.5 Å². The predicted molar refractivity (Wildman–Crippen MR) is 66.9 cm³/mol. The summed E-state index contributed by atoms with van der Waals surface area (Å²) in [7, 11) is 0. The topological polar surface area (TPSA) is 55.1 Å². The standard InChI is InChI=1S/C13H26N2O/c1-9(2)4-5-15-13(16)11-6-10(3)7-12(14)8-11/h9-12H,4-8,14H2,1-3H3,(H,15,16). The van der Waals surface area contributed by atoms with Gasteiger partial charge in [-0.3, -0.25) is 4.79 Å². The molecule has 0 aliphatic heterocycles. The molecule has 3 heteroatoms. The number of carbonyl (C=O) groups is 1. The Morgan fingerprint density at radius 1 is 1.38 bits per heavy atom. The molecule has 0 spiro atoms. The molecule has 1 fully saturated rings. The maximum absolute atomic E-state index is 11.9. The van der Waals surface area contributed by atoms with E-state index in [0.717, 1.165) is 32.2 Å². The first-order valence-electron chi connectivity index (χ1n) is 6.52. The third kappa shape index (κ3) is 4.52. The van der Waals surface area contributed by atoms with Crippen LogP contribution in [0.15, 0.2) is 0 Å². The van der Waals surface area contributed by atoms with Gasteiger partial charge in [-0.2, -0.15) is 0 Å². The molecule has 0 aromatic heterocycles. The molecule has 1 amide bonds. The van der Waals surface area contributed by atoms with Crippen LogP contribution in [-0.2, 0) is 4.79 Å². The van der Waals surface area contributed by atoms with Crippen LogP contribution in [0.5, 0.6) is 0 Å². The fourth-order valence-corrected chi connectivity index (χ4v) is 2.50. The highest BCUT2D eigenvalue weighted by molar-refractivity contribution is 5.78. The average Bonchev–Trinajstić information content (AvgIpc) is 2.15. The minimum atomic E-state index is 0.144. The molecule has 94 valence electrons. The van der Waals surface area contributed by atoms with Crippen molar-refractivity contribution < 1.29 is 4.79 Å². The van der Waals surface area contributed by atoms with Crippen molar-refractivity contribution in [2.24, 2.45) is 23.5 Å². The van der Waals surface area contributed by atoms with Crippen LogP contribution in [-0.4, -0.2) is 18.5 Å². The second kappa shape index (κ2) is 6.24. The lowest BCUT2D eigenvalue weighted by Gasteiger charge is -2.30. The Balaban J connectivity index is 2.30. The summed E-state index contributed by atoms with van der Waals surface area (Å²) in [6, 6.07) is 0.213. The molecule has 1 saturated carbocycles. The Kier molecular flexibility index (Phi) is 5.26. The highest BCUT2D eigenvalue weighted by Crippen LogP contribution is 2.28. The van der Waals surface area contributed by atoms with Crippen LogP contribution in [0.2, 0.25) is 0 Å². The number of amides is 1. The van der Waals surface area contributed by atoms with E-state index in [1.807, 2.05) is 0 Å². The Hall–Kier alpha value is -0.570. The van der Waals surface area contributed by atoms with Gasteiger partial charge in [0.1, 0.15) is 0 Å². The molecule has 1 rings (SSSR count). The van der Waals surface area contributed by atoms with E-state index < -0.39 is 0 Å². The second-order valence-corrected chi connectivity index (χ2v) is 5.74. The van der Waals surface area contributed by atoms with E-state index in [0.29, 0.717) is 11.8 Å². The molecular weight excluding hydrogens is 200 g/mol. The fourth-order valence-electron chi connectivity index (χ4n) is 2.50. The summed E-state index contributed by atoms with van der Waals surface area (Å²) in [6.07, 6.45) is 3.98. The average molecular weight is 226 g/mol. The largest absolute Gasteiger partial charge is 0.356 e. The maximum atomic E-state index is 11.9. The fraction of sp³-hybridized carbons (Fsp3) is 0.923. The number of hydrogen-bond acceptors (Lipinski definition) is 2. The van der Waals surface area contributed by atoms with Crippen molar-refractivity contribution in [1.29, 1.82) is 0 Å². The van der Waals surface area contributed by atoms with Gasteiger partial charge in [-0.25, -0.2) is 0 Å². The highest BCUT2D eigenvalue weighted by atomic mass is 16.1. The SMILES string of the molecule is CC(C)CCNC(=O)C1CC(C)CC(N)C1. The molecular formula is C13H26N2O. The van der Waals surface area contributed by atoms with Gasteiger partial charge in [0.2, 0.25) is 5.91 Å². The summed E-state index contributed by atoms with van der Waals surface area (Å²) >= 11 is 0. The van der Waals surface area contributed by atoms with Gasteiger partial charge < -0.3 is 11.1 Å². The van der Waals surface area contributed by atoms with Crippen molar-refractivity contribution in [2.75, 3.05) is 6.54 Å². The summed E-state index contributed by atoms with van der Waals surface area (Å²) in [5.74, 6) is 1.59. The Bertz CT molecular complexity index is 218. The van der Waals surface area contributed by atoms with Crippen LogP contribution < -0.4 is 11.1 Å². The molecule has 3 atom stereocenters. The molecule has 3 unspecified atom stereocenters. The molecule has 0 aromatic rings. The number of nitrogens with two attached hydrogens (primary N) is 1. The van der Waals surface area contributed by atoms with Gasteiger partial charge in [-0.1, -0.05) is 20.8 Å². The molecule has 1 aliphatic rings. The van der Waals surface area contributed by atoms with Crippen molar-refractivity contribution in [3.05, 3.63) is 0 Å². The summed E-state index contributed by atoms with van der Waals surface area (Å²) in [6.45, 7) is 7.33. The molecule has 3 nitrogen and oxygen atoms in total. The van der Waals surface area contributed by atoms with Crippen LogP contribution >= 0.6 is 0 Å². The van der Waals surface area contributed by atoms with Crippen LogP contribution in [0.1, 0.15) is 46.5 Å². The van der Waals surface area contributed by atoms with Crippen LogP contribution in [0.3, 0.4) is 0 Å². The first-order chi connectivity index (χ1) is 7.49. The first-order valence-corrected chi connectivity index (χ1v) is 6.52. The van der Waals surface area contributed by atoms with Crippen LogP contribution in [0.4, 0.5) is 0 Å². The molecule has 16 heavy (non-hydrogen) atoms. The van der Waals surface area contributed by atoms with Gasteiger partial charge in [0, 0.05) is 18.5 Å². The number of rotatable bonds is 4. The summed E-state index contributed by atoms with van der Waals surface area (Å²) in [5.41, 5.74) is 5.95. The van der Waals surface area contributed by atoms with Gasteiger partial charge in [0.25, 0.3) is 0 Å². The lowest BCUT2D eigenvalue weighted by molar-refractivity contribution is -0.126. The molecule has 3 N–H and O–H groups in total. The molecule has 0 saturated heterocycles. The smallest absolute Gasteiger partial charge is 0.223 e. The van der Waals surface area contributed by atoms with Gasteiger partial charge in [0.15, 0.2) is 0 Å². The van der Waals surface area contributed by atoms with Gasteiger partial charge >= 0.3 is 0 Å². The lowest BCUT2D eigenvalue weighted by atomic mass is 9.79.